The molecular formula is C34H26ClFN2O5. The van der Waals surface area contributed by atoms with Crippen LogP contribution in [-0.2, 0) is 11.4 Å². The van der Waals surface area contributed by atoms with Gasteiger partial charge in [-0.15, -0.1) is 0 Å². The number of fused-ring (bicyclic) bond motifs is 1. The number of nitriles is 1. The van der Waals surface area contributed by atoms with Crippen molar-refractivity contribution in [3.8, 4) is 29.1 Å². The van der Waals surface area contributed by atoms with Gasteiger partial charge in [-0.3, -0.25) is 0 Å². The van der Waals surface area contributed by atoms with Crippen molar-refractivity contribution in [2.75, 3.05) is 6.61 Å². The largest absolute Gasteiger partial charge is 0.490 e. The molecule has 0 fully saturated rings. The molecule has 4 aromatic carbocycles. The summed E-state index contributed by atoms with van der Waals surface area (Å²) in [4.78, 5) is 12.5. The van der Waals surface area contributed by atoms with Crippen LogP contribution in [0.25, 0.3) is 6.08 Å². The van der Waals surface area contributed by atoms with Gasteiger partial charge >= 0.3 is 5.97 Å². The van der Waals surface area contributed by atoms with Gasteiger partial charge in [0.25, 0.3) is 0 Å². The molecule has 1 aliphatic rings. The van der Waals surface area contributed by atoms with E-state index in [1.165, 1.54) is 12.1 Å². The number of allylic oxidation sites excluding steroid dienone is 1. The number of rotatable bonds is 9. The molecule has 0 radical (unpaired) electrons. The molecule has 4 aromatic rings. The maximum absolute atomic E-state index is 14.1. The van der Waals surface area contributed by atoms with Gasteiger partial charge in [-0.1, -0.05) is 60.1 Å². The first-order chi connectivity index (χ1) is 20.9. The van der Waals surface area contributed by atoms with Crippen molar-refractivity contribution in [3.63, 3.8) is 0 Å². The molecule has 1 unspecified atom stereocenters. The fourth-order valence-electron chi connectivity index (χ4n) is 4.62. The van der Waals surface area contributed by atoms with E-state index in [1.54, 1.807) is 78.9 Å². The highest BCUT2D eigenvalue weighted by Gasteiger charge is 2.32. The minimum atomic E-state index is -0.610. The van der Waals surface area contributed by atoms with Crippen LogP contribution >= 0.6 is 11.6 Å². The van der Waals surface area contributed by atoms with Crippen LogP contribution in [0.15, 0.2) is 102 Å². The van der Waals surface area contributed by atoms with Crippen LogP contribution in [0.3, 0.4) is 0 Å². The molecule has 7 nitrogen and oxygen atoms in total. The van der Waals surface area contributed by atoms with Gasteiger partial charge in [-0.05, 0) is 54.5 Å². The van der Waals surface area contributed by atoms with E-state index in [0.29, 0.717) is 51.1 Å². The summed E-state index contributed by atoms with van der Waals surface area (Å²) in [5.41, 5.74) is 8.80. The summed E-state index contributed by atoms with van der Waals surface area (Å²) in [6.45, 7) is 2.20. The van der Waals surface area contributed by atoms with Crippen molar-refractivity contribution in [2.45, 2.75) is 19.4 Å². The normalized spacial score (nSPS) is 14.0. The molecule has 1 heterocycles. The number of ether oxygens (including phenoxy) is 4. The fraction of sp³-hybridized carbons (Fsp3) is 0.118. The number of hydrogen-bond acceptors (Lipinski definition) is 7. The number of carbonyl (C=O) groups is 1. The van der Waals surface area contributed by atoms with Gasteiger partial charge in [-0.25, -0.2) is 9.18 Å². The Hall–Kier alpha value is -5.26. The molecule has 0 aromatic heterocycles. The third-order valence-corrected chi connectivity index (χ3v) is 7.00. The first-order valence-electron chi connectivity index (χ1n) is 13.4. The SMILES string of the molecule is CCOc1cc(C2C(C#N)=C(N)Oc3cc(OC(=O)/C=C/c4ccccc4Cl)ccc32)ccc1OCc1ccccc1F. The number of hydrogen-bond donors (Lipinski definition) is 1. The minimum Gasteiger partial charge on any atom is -0.490 e. The number of nitrogens with zero attached hydrogens (tertiary/aromatic N) is 1. The van der Waals surface area contributed by atoms with Crippen LogP contribution < -0.4 is 24.7 Å². The van der Waals surface area contributed by atoms with Crippen LogP contribution in [0.2, 0.25) is 5.02 Å². The van der Waals surface area contributed by atoms with E-state index in [2.05, 4.69) is 6.07 Å². The Morgan fingerprint density at radius 2 is 1.84 bits per heavy atom. The van der Waals surface area contributed by atoms with Crippen LogP contribution in [0.1, 0.15) is 35.1 Å². The van der Waals surface area contributed by atoms with Gasteiger partial charge in [0.05, 0.1) is 12.5 Å². The third-order valence-electron chi connectivity index (χ3n) is 6.66. The Bertz CT molecular complexity index is 1780. The van der Waals surface area contributed by atoms with E-state index in [4.69, 9.17) is 36.3 Å². The van der Waals surface area contributed by atoms with Crippen molar-refractivity contribution < 1.29 is 28.1 Å². The first-order valence-corrected chi connectivity index (χ1v) is 13.7. The molecule has 0 amide bonds. The van der Waals surface area contributed by atoms with Crippen molar-refractivity contribution in [1.82, 2.24) is 0 Å². The van der Waals surface area contributed by atoms with E-state index in [1.807, 2.05) is 13.0 Å². The number of esters is 1. The summed E-state index contributed by atoms with van der Waals surface area (Å²) in [6.07, 6.45) is 2.84. The lowest BCUT2D eigenvalue weighted by Crippen LogP contribution is -2.21. The van der Waals surface area contributed by atoms with Crippen molar-refractivity contribution in [3.05, 3.63) is 136 Å². The summed E-state index contributed by atoms with van der Waals surface area (Å²) >= 11 is 6.14. The molecule has 0 aliphatic carbocycles. The maximum Gasteiger partial charge on any atom is 0.336 e. The molecule has 43 heavy (non-hydrogen) atoms. The van der Waals surface area contributed by atoms with E-state index >= 15 is 0 Å². The maximum atomic E-state index is 14.1. The molecule has 216 valence electrons. The topological polar surface area (TPSA) is 104 Å². The van der Waals surface area contributed by atoms with Crippen LogP contribution in [0.4, 0.5) is 4.39 Å². The predicted octanol–water partition coefficient (Wildman–Crippen LogP) is 7.29. The fourth-order valence-corrected chi connectivity index (χ4v) is 4.82. The van der Waals surface area contributed by atoms with E-state index in [9.17, 15) is 14.4 Å². The van der Waals surface area contributed by atoms with Crippen molar-refractivity contribution in [2.24, 2.45) is 5.73 Å². The molecule has 0 saturated carbocycles. The summed E-state index contributed by atoms with van der Waals surface area (Å²) in [5.74, 6) is -0.234. The van der Waals surface area contributed by atoms with E-state index in [0.717, 1.165) is 0 Å². The number of nitrogens with two attached hydrogens (primary N) is 1. The zero-order valence-corrected chi connectivity index (χ0v) is 23.8. The lowest BCUT2D eigenvalue weighted by molar-refractivity contribution is -0.128. The molecule has 0 saturated heterocycles. The summed E-state index contributed by atoms with van der Waals surface area (Å²) in [6, 6.07) is 25.8. The highest BCUT2D eigenvalue weighted by Crippen LogP contribution is 2.45. The zero-order valence-electron chi connectivity index (χ0n) is 23.1. The lowest BCUT2D eigenvalue weighted by Gasteiger charge is -2.27. The third kappa shape index (κ3) is 6.64. The van der Waals surface area contributed by atoms with E-state index < -0.39 is 11.9 Å². The van der Waals surface area contributed by atoms with Crippen molar-refractivity contribution >= 4 is 23.6 Å². The average Bonchev–Trinajstić information content (AvgIpc) is 3.00. The Morgan fingerprint density at radius 3 is 2.60 bits per heavy atom. The Morgan fingerprint density at radius 1 is 1.05 bits per heavy atom. The first kappa shape index (κ1) is 29.2. The van der Waals surface area contributed by atoms with E-state index in [-0.39, 0.29) is 29.6 Å². The highest BCUT2D eigenvalue weighted by atomic mass is 35.5. The van der Waals surface area contributed by atoms with Crippen molar-refractivity contribution in [1.29, 1.82) is 5.26 Å². The number of halogens is 2. The monoisotopic (exact) mass is 596 g/mol. The molecule has 1 aliphatic heterocycles. The zero-order chi connectivity index (χ0) is 30.3. The molecule has 9 heteroatoms. The predicted molar refractivity (Wildman–Crippen MR) is 160 cm³/mol. The van der Waals surface area contributed by atoms with Crippen LogP contribution in [-0.4, -0.2) is 12.6 Å². The molecule has 5 rings (SSSR count). The Labute approximate surface area is 253 Å². The second kappa shape index (κ2) is 13.1. The Kier molecular flexibility index (Phi) is 8.94. The van der Waals surface area contributed by atoms with Gasteiger partial charge in [0.15, 0.2) is 11.5 Å². The molecule has 0 bridgehead atoms. The number of carbonyl (C=O) groups excluding carboxylic acids is 1. The van der Waals surface area contributed by atoms with Crippen LogP contribution in [0.5, 0.6) is 23.0 Å². The van der Waals surface area contributed by atoms with Gasteiger partial charge in [0, 0.05) is 28.3 Å². The minimum absolute atomic E-state index is 0.0115. The second-order valence-electron chi connectivity index (χ2n) is 9.42. The summed E-state index contributed by atoms with van der Waals surface area (Å²) < 4.78 is 37.1. The summed E-state index contributed by atoms with van der Waals surface area (Å²) in [7, 11) is 0. The quantitative estimate of drug-likeness (QED) is 0.123. The Balaban J connectivity index is 1.41. The molecule has 0 spiro atoms. The second-order valence-corrected chi connectivity index (χ2v) is 9.83. The van der Waals surface area contributed by atoms with Gasteiger partial charge in [-0.2, -0.15) is 5.26 Å². The average molecular weight is 597 g/mol. The van der Waals surface area contributed by atoms with Gasteiger partial charge < -0.3 is 24.7 Å². The lowest BCUT2D eigenvalue weighted by atomic mass is 9.83. The van der Waals surface area contributed by atoms with Crippen LogP contribution in [0, 0.1) is 17.1 Å². The molecule has 1 atom stereocenters. The smallest absolute Gasteiger partial charge is 0.336 e. The van der Waals surface area contributed by atoms with Gasteiger partial charge in [0.1, 0.15) is 35.6 Å². The summed E-state index contributed by atoms with van der Waals surface area (Å²) in [5, 5.41) is 10.5. The highest BCUT2D eigenvalue weighted by molar-refractivity contribution is 6.32. The molecule has 2 N–H and O–H groups in total. The number of benzene rings is 4. The van der Waals surface area contributed by atoms with Gasteiger partial charge in [0.2, 0.25) is 5.88 Å². The standard InChI is InChI=1S/C34H26ClFN2O5/c1-2-40-31-17-22(11-15-29(31)41-20-23-8-4-6-10-28(23)36)33-25-14-13-24(18-30(25)43-34(38)26(33)19-37)42-32(39)16-12-21-7-3-5-9-27(21)35/h3-18,33H,2,20,38H2,1H3/b16-12+. The molecular weight excluding hydrogens is 571 g/mol.